The van der Waals surface area contributed by atoms with E-state index < -0.39 is 0 Å². The third-order valence-corrected chi connectivity index (χ3v) is 3.62. The first-order valence-electron chi connectivity index (χ1n) is 5.34. The molecular formula is C11H15N3S. The number of rotatable bonds is 2. The van der Waals surface area contributed by atoms with Crippen LogP contribution in [0.15, 0.2) is 5.38 Å². The molecule has 1 aliphatic heterocycles. The normalized spacial score (nSPS) is 22.5. The first-order chi connectivity index (χ1) is 7.29. The summed E-state index contributed by atoms with van der Waals surface area (Å²) in [5, 5.41) is 12.2. The van der Waals surface area contributed by atoms with Crippen molar-refractivity contribution < 1.29 is 0 Å². The third-order valence-electron chi connectivity index (χ3n) is 2.79. The van der Waals surface area contributed by atoms with Gasteiger partial charge in [-0.05, 0) is 32.7 Å². The van der Waals surface area contributed by atoms with Crippen LogP contribution in [0.4, 0.5) is 0 Å². The van der Waals surface area contributed by atoms with Gasteiger partial charge in [0, 0.05) is 11.9 Å². The van der Waals surface area contributed by atoms with Crippen LogP contribution in [0, 0.1) is 18.3 Å². The Morgan fingerprint density at radius 1 is 1.67 bits per heavy atom. The molecule has 15 heavy (non-hydrogen) atoms. The number of aromatic nitrogens is 1. The molecule has 1 unspecified atom stereocenters. The Bertz CT molecular complexity index is 366. The van der Waals surface area contributed by atoms with E-state index in [-0.39, 0.29) is 6.04 Å². The Morgan fingerprint density at radius 3 is 3.20 bits per heavy atom. The molecule has 1 saturated heterocycles. The molecule has 1 aliphatic rings. The van der Waals surface area contributed by atoms with Crippen molar-refractivity contribution in [2.75, 3.05) is 6.54 Å². The van der Waals surface area contributed by atoms with Gasteiger partial charge in [-0.1, -0.05) is 0 Å². The van der Waals surface area contributed by atoms with Crippen molar-refractivity contribution in [1.29, 1.82) is 5.26 Å². The average Bonchev–Trinajstić information content (AvgIpc) is 2.65. The van der Waals surface area contributed by atoms with Crippen molar-refractivity contribution in [3.8, 4) is 6.07 Å². The van der Waals surface area contributed by atoms with Gasteiger partial charge in [0.2, 0.25) is 0 Å². The summed E-state index contributed by atoms with van der Waals surface area (Å²) in [6.07, 6.45) is 3.41. The van der Waals surface area contributed by atoms with Gasteiger partial charge in [0.1, 0.15) is 0 Å². The maximum atomic E-state index is 9.04. The molecule has 0 aromatic carbocycles. The van der Waals surface area contributed by atoms with E-state index in [0.29, 0.717) is 0 Å². The summed E-state index contributed by atoms with van der Waals surface area (Å²) in [5.74, 6) is 0. The largest absolute Gasteiger partial charge is 0.282 e. The van der Waals surface area contributed by atoms with Crippen LogP contribution in [-0.4, -0.2) is 22.5 Å². The summed E-state index contributed by atoms with van der Waals surface area (Å²) >= 11 is 1.68. The fourth-order valence-electron chi connectivity index (χ4n) is 2.02. The smallest absolute Gasteiger partial charge is 0.0981 e. The summed E-state index contributed by atoms with van der Waals surface area (Å²) in [6.45, 7) is 3.89. The number of hydrogen-bond acceptors (Lipinski definition) is 4. The maximum absolute atomic E-state index is 9.04. The van der Waals surface area contributed by atoms with E-state index in [9.17, 15) is 0 Å². The lowest BCUT2D eigenvalue weighted by molar-refractivity contribution is 0.174. The second-order valence-electron chi connectivity index (χ2n) is 3.97. The van der Waals surface area contributed by atoms with E-state index in [1.807, 2.05) is 6.92 Å². The Morgan fingerprint density at radius 2 is 2.53 bits per heavy atom. The zero-order valence-corrected chi connectivity index (χ0v) is 9.76. The monoisotopic (exact) mass is 221 g/mol. The van der Waals surface area contributed by atoms with Crippen LogP contribution >= 0.6 is 11.3 Å². The predicted molar refractivity (Wildman–Crippen MR) is 60.5 cm³/mol. The minimum Gasteiger partial charge on any atom is -0.282 e. The number of aryl methyl sites for hydroxylation is 1. The summed E-state index contributed by atoms with van der Waals surface area (Å²) < 4.78 is 0. The quantitative estimate of drug-likeness (QED) is 0.769. The van der Waals surface area contributed by atoms with Crippen LogP contribution in [0.2, 0.25) is 0 Å². The van der Waals surface area contributed by atoms with Crippen LogP contribution in [0.3, 0.4) is 0 Å². The number of thiazole rings is 1. The van der Waals surface area contributed by atoms with Gasteiger partial charge in [0.15, 0.2) is 0 Å². The van der Waals surface area contributed by atoms with Gasteiger partial charge in [0.25, 0.3) is 0 Å². The van der Waals surface area contributed by atoms with Crippen LogP contribution in [0.5, 0.6) is 0 Å². The molecule has 0 bridgehead atoms. The van der Waals surface area contributed by atoms with E-state index in [0.717, 1.165) is 30.2 Å². The van der Waals surface area contributed by atoms with E-state index in [1.165, 1.54) is 12.8 Å². The standard InChI is InChI=1S/C11H15N3S/c1-9-13-10(8-15-9)7-14-5-3-2-4-11(14)6-12/h8,11H,2-5,7H2,1H3. The highest BCUT2D eigenvalue weighted by Crippen LogP contribution is 2.19. The van der Waals surface area contributed by atoms with Gasteiger partial charge in [0.05, 0.1) is 22.8 Å². The lowest BCUT2D eigenvalue weighted by Gasteiger charge is -2.30. The predicted octanol–water partition coefficient (Wildman–Crippen LogP) is 2.33. The van der Waals surface area contributed by atoms with Gasteiger partial charge in [-0.2, -0.15) is 5.26 Å². The number of nitriles is 1. The number of piperidine rings is 1. The molecule has 3 nitrogen and oxygen atoms in total. The molecule has 0 spiro atoms. The zero-order chi connectivity index (χ0) is 10.7. The van der Waals surface area contributed by atoms with Crippen LogP contribution in [0.1, 0.15) is 30.0 Å². The Labute approximate surface area is 94.4 Å². The molecule has 1 aromatic rings. The van der Waals surface area contributed by atoms with E-state index in [4.69, 9.17) is 5.26 Å². The van der Waals surface area contributed by atoms with Crippen LogP contribution < -0.4 is 0 Å². The Hall–Kier alpha value is -0.920. The fraction of sp³-hybridized carbons (Fsp3) is 0.636. The van der Waals surface area contributed by atoms with E-state index >= 15 is 0 Å². The first kappa shape index (κ1) is 10.6. The molecule has 2 heterocycles. The molecular weight excluding hydrogens is 206 g/mol. The molecule has 4 heteroatoms. The molecule has 0 radical (unpaired) electrons. The van der Waals surface area contributed by atoms with Gasteiger partial charge >= 0.3 is 0 Å². The van der Waals surface area contributed by atoms with Crippen LogP contribution in [-0.2, 0) is 6.54 Å². The van der Waals surface area contributed by atoms with Crippen molar-refractivity contribution in [3.05, 3.63) is 16.1 Å². The van der Waals surface area contributed by atoms with Gasteiger partial charge in [-0.15, -0.1) is 11.3 Å². The zero-order valence-electron chi connectivity index (χ0n) is 8.94. The third kappa shape index (κ3) is 2.55. The van der Waals surface area contributed by atoms with Gasteiger partial charge in [-0.25, -0.2) is 4.98 Å². The average molecular weight is 221 g/mol. The van der Waals surface area contributed by atoms with Gasteiger partial charge in [-0.3, -0.25) is 4.90 Å². The molecule has 1 aromatic heterocycles. The molecule has 0 saturated carbocycles. The van der Waals surface area contributed by atoms with E-state index in [1.54, 1.807) is 11.3 Å². The number of likely N-dealkylation sites (tertiary alicyclic amines) is 1. The minimum atomic E-state index is 0.0979. The van der Waals surface area contributed by atoms with Crippen molar-refractivity contribution in [3.63, 3.8) is 0 Å². The SMILES string of the molecule is Cc1nc(CN2CCCCC2C#N)cs1. The highest BCUT2D eigenvalue weighted by Gasteiger charge is 2.22. The lowest BCUT2D eigenvalue weighted by Crippen LogP contribution is -2.37. The van der Waals surface area contributed by atoms with Crippen molar-refractivity contribution in [2.45, 2.75) is 38.8 Å². The highest BCUT2D eigenvalue weighted by molar-refractivity contribution is 7.09. The Balaban J connectivity index is 2.01. The number of hydrogen-bond donors (Lipinski definition) is 0. The summed E-state index contributed by atoms with van der Waals surface area (Å²) in [4.78, 5) is 6.69. The second kappa shape index (κ2) is 4.73. The highest BCUT2D eigenvalue weighted by atomic mass is 32.1. The summed E-state index contributed by atoms with van der Waals surface area (Å²) in [6, 6.07) is 2.48. The first-order valence-corrected chi connectivity index (χ1v) is 6.22. The Kier molecular flexibility index (Phi) is 3.34. The lowest BCUT2D eigenvalue weighted by atomic mass is 10.0. The molecule has 0 aliphatic carbocycles. The van der Waals surface area contributed by atoms with Crippen molar-refractivity contribution in [2.24, 2.45) is 0 Å². The van der Waals surface area contributed by atoms with Crippen molar-refractivity contribution in [1.82, 2.24) is 9.88 Å². The summed E-state index contributed by atoms with van der Waals surface area (Å²) in [7, 11) is 0. The fourth-order valence-corrected chi connectivity index (χ4v) is 2.62. The maximum Gasteiger partial charge on any atom is 0.0981 e. The van der Waals surface area contributed by atoms with E-state index in [2.05, 4.69) is 21.3 Å². The van der Waals surface area contributed by atoms with Crippen LogP contribution in [0.25, 0.3) is 0 Å². The molecule has 80 valence electrons. The molecule has 1 atom stereocenters. The van der Waals surface area contributed by atoms with Crippen molar-refractivity contribution >= 4 is 11.3 Å². The summed E-state index contributed by atoms with van der Waals surface area (Å²) in [5.41, 5.74) is 1.11. The number of nitrogens with zero attached hydrogens (tertiary/aromatic N) is 3. The minimum absolute atomic E-state index is 0.0979. The topological polar surface area (TPSA) is 39.9 Å². The second-order valence-corrected chi connectivity index (χ2v) is 5.03. The molecule has 2 rings (SSSR count). The molecule has 0 N–H and O–H groups in total. The van der Waals surface area contributed by atoms with Gasteiger partial charge < -0.3 is 0 Å². The molecule has 1 fully saturated rings. The molecule has 0 amide bonds.